The second kappa shape index (κ2) is 3.46. The van der Waals surface area contributed by atoms with Gasteiger partial charge in [0.1, 0.15) is 0 Å². The summed E-state index contributed by atoms with van der Waals surface area (Å²) in [5.41, 5.74) is 0. The summed E-state index contributed by atoms with van der Waals surface area (Å²) in [6.07, 6.45) is 0. The average molecular weight is 204 g/mol. The highest BCUT2D eigenvalue weighted by Crippen LogP contribution is 2.21. The zero-order valence-corrected chi connectivity index (χ0v) is 8.28. The van der Waals surface area contributed by atoms with Crippen LogP contribution in [0.2, 0.25) is 5.02 Å². The first kappa shape index (κ1) is 9.55. The third-order valence-electron chi connectivity index (χ3n) is 1.60. The Hall–Kier alpha value is -0.540. The van der Waals surface area contributed by atoms with Gasteiger partial charge >= 0.3 is 0 Å². The summed E-state index contributed by atoms with van der Waals surface area (Å²) in [6, 6.07) is 6.80. The van der Waals surface area contributed by atoms with Crippen molar-refractivity contribution in [1.29, 1.82) is 4.78 Å². The van der Waals surface area contributed by atoms with Crippen LogP contribution in [-0.2, 0) is 9.73 Å². The van der Waals surface area contributed by atoms with Gasteiger partial charge in [-0.25, -0.2) is 8.99 Å². The summed E-state index contributed by atoms with van der Waals surface area (Å²) in [5.74, 6) is 0.302. The van der Waals surface area contributed by atoms with Gasteiger partial charge in [-0.2, -0.15) is 0 Å². The smallest absolute Gasteiger partial charge is 0.0738 e. The SMILES string of the molecule is CC[S@](=N)(=O)c1ccccc1Cl. The van der Waals surface area contributed by atoms with Crippen LogP contribution >= 0.6 is 11.6 Å². The predicted octanol–water partition coefficient (Wildman–Crippen LogP) is 2.77. The van der Waals surface area contributed by atoms with Crippen molar-refractivity contribution in [2.24, 2.45) is 0 Å². The Morgan fingerprint density at radius 2 is 2.08 bits per heavy atom. The highest BCUT2D eigenvalue weighted by Gasteiger charge is 2.10. The van der Waals surface area contributed by atoms with Crippen molar-refractivity contribution >= 4 is 21.3 Å². The number of hydrogen-bond donors (Lipinski definition) is 1. The van der Waals surface area contributed by atoms with Crippen LogP contribution < -0.4 is 0 Å². The monoisotopic (exact) mass is 203 g/mol. The molecule has 0 spiro atoms. The molecule has 0 saturated heterocycles. The fraction of sp³-hybridized carbons (Fsp3) is 0.250. The molecule has 0 aromatic heterocycles. The van der Waals surface area contributed by atoms with Crippen LogP contribution in [-0.4, -0.2) is 9.96 Å². The Balaban J connectivity index is 3.30. The Kier molecular flexibility index (Phi) is 2.75. The minimum atomic E-state index is -2.66. The summed E-state index contributed by atoms with van der Waals surface area (Å²) < 4.78 is 19.1. The van der Waals surface area contributed by atoms with E-state index in [0.717, 1.165) is 0 Å². The molecule has 1 atom stereocenters. The molecule has 0 radical (unpaired) electrons. The quantitative estimate of drug-likeness (QED) is 0.789. The van der Waals surface area contributed by atoms with Gasteiger partial charge in [-0.15, -0.1) is 0 Å². The predicted molar refractivity (Wildman–Crippen MR) is 51.1 cm³/mol. The standard InChI is InChI=1S/C8H10ClNOS/c1-2-12(10,11)8-6-4-3-5-7(8)9/h3-6,10H,2H2,1H3/t12-/m0/s1. The molecule has 0 amide bonds. The normalized spacial score (nSPS) is 15.5. The van der Waals surface area contributed by atoms with Crippen LogP contribution in [0.1, 0.15) is 6.92 Å². The highest BCUT2D eigenvalue weighted by molar-refractivity contribution is 7.92. The lowest BCUT2D eigenvalue weighted by atomic mass is 10.4. The van der Waals surface area contributed by atoms with Crippen molar-refractivity contribution in [2.75, 3.05) is 5.75 Å². The fourth-order valence-corrected chi connectivity index (χ4v) is 2.37. The molecule has 12 heavy (non-hydrogen) atoms. The molecule has 0 unspecified atom stereocenters. The molecule has 0 fully saturated rings. The van der Waals surface area contributed by atoms with Crippen LogP contribution in [0.4, 0.5) is 0 Å². The molecule has 0 aliphatic carbocycles. The van der Waals surface area contributed by atoms with Gasteiger partial charge in [-0.1, -0.05) is 30.7 Å². The average Bonchev–Trinajstić information content (AvgIpc) is 2.05. The molecule has 1 rings (SSSR count). The number of halogens is 1. The van der Waals surface area contributed by atoms with E-state index in [1.54, 1.807) is 31.2 Å². The molecule has 66 valence electrons. The lowest BCUT2D eigenvalue weighted by Crippen LogP contribution is -2.01. The molecule has 0 aliphatic rings. The zero-order chi connectivity index (χ0) is 9.19. The molecule has 0 aliphatic heterocycles. The van der Waals surface area contributed by atoms with Crippen molar-refractivity contribution < 1.29 is 4.21 Å². The van der Waals surface area contributed by atoms with E-state index in [2.05, 4.69) is 0 Å². The van der Waals surface area contributed by atoms with Crippen LogP contribution in [0, 0.1) is 4.78 Å². The van der Waals surface area contributed by atoms with Gasteiger partial charge in [0.15, 0.2) is 0 Å². The Morgan fingerprint density at radius 3 is 2.58 bits per heavy atom. The number of rotatable bonds is 2. The summed E-state index contributed by atoms with van der Waals surface area (Å²) >= 11 is 5.79. The third-order valence-corrected chi connectivity index (χ3v) is 3.92. The van der Waals surface area contributed by atoms with E-state index >= 15 is 0 Å². The summed E-state index contributed by atoms with van der Waals surface area (Å²) in [4.78, 5) is 0.439. The highest BCUT2D eigenvalue weighted by atomic mass is 35.5. The molecular formula is C8H10ClNOS. The third kappa shape index (κ3) is 1.79. The van der Waals surface area contributed by atoms with Gasteiger partial charge in [0, 0.05) is 5.75 Å². The van der Waals surface area contributed by atoms with Crippen LogP contribution in [0.3, 0.4) is 0 Å². The van der Waals surface area contributed by atoms with Crippen molar-refractivity contribution in [1.82, 2.24) is 0 Å². The maximum Gasteiger partial charge on any atom is 0.0738 e. The molecule has 1 N–H and O–H groups in total. The molecule has 1 aromatic rings. The van der Waals surface area contributed by atoms with E-state index in [4.69, 9.17) is 16.4 Å². The lowest BCUT2D eigenvalue weighted by molar-refractivity contribution is 0.675. The number of hydrogen-bond acceptors (Lipinski definition) is 2. The second-order valence-corrected chi connectivity index (χ2v) is 5.17. The Bertz CT molecular complexity index is 372. The molecule has 0 saturated carbocycles. The molecule has 0 heterocycles. The first-order chi connectivity index (χ1) is 5.58. The Labute approximate surface area is 77.5 Å². The van der Waals surface area contributed by atoms with Crippen LogP contribution in [0.5, 0.6) is 0 Å². The van der Waals surface area contributed by atoms with Gasteiger partial charge in [-0.05, 0) is 12.1 Å². The van der Waals surface area contributed by atoms with Gasteiger partial charge in [0.05, 0.1) is 19.6 Å². The van der Waals surface area contributed by atoms with Crippen molar-refractivity contribution in [3.63, 3.8) is 0 Å². The fourth-order valence-electron chi connectivity index (χ4n) is 0.868. The topological polar surface area (TPSA) is 40.9 Å². The van der Waals surface area contributed by atoms with E-state index in [0.29, 0.717) is 15.7 Å². The molecule has 4 heteroatoms. The van der Waals surface area contributed by atoms with Gasteiger partial charge in [-0.3, -0.25) is 0 Å². The van der Waals surface area contributed by atoms with Gasteiger partial charge in [0.2, 0.25) is 0 Å². The van der Waals surface area contributed by atoms with Crippen molar-refractivity contribution in [3.8, 4) is 0 Å². The van der Waals surface area contributed by atoms with E-state index in [1.165, 1.54) is 0 Å². The van der Waals surface area contributed by atoms with E-state index in [9.17, 15) is 4.21 Å². The second-order valence-electron chi connectivity index (χ2n) is 2.39. The van der Waals surface area contributed by atoms with Gasteiger partial charge in [0.25, 0.3) is 0 Å². The summed E-state index contributed by atoms with van der Waals surface area (Å²) in [6.45, 7) is 1.72. The van der Waals surface area contributed by atoms with Gasteiger partial charge < -0.3 is 0 Å². The van der Waals surface area contributed by atoms with Crippen LogP contribution in [0.15, 0.2) is 29.2 Å². The van der Waals surface area contributed by atoms with E-state index in [1.807, 2.05) is 0 Å². The van der Waals surface area contributed by atoms with Crippen molar-refractivity contribution in [3.05, 3.63) is 29.3 Å². The van der Waals surface area contributed by atoms with E-state index in [-0.39, 0.29) is 0 Å². The minimum Gasteiger partial charge on any atom is -0.249 e. The number of benzene rings is 1. The molecular weight excluding hydrogens is 194 g/mol. The first-order valence-electron chi connectivity index (χ1n) is 3.59. The molecule has 0 bridgehead atoms. The maximum atomic E-state index is 11.6. The minimum absolute atomic E-state index is 0.302. The zero-order valence-electron chi connectivity index (χ0n) is 6.71. The molecule has 1 aromatic carbocycles. The lowest BCUT2D eigenvalue weighted by Gasteiger charge is -2.05. The maximum absolute atomic E-state index is 11.6. The van der Waals surface area contributed by atoms with Crippen LogP contribution in [0.25, 0.3) is 0 Å². The summed E-state index contributed by atoms with van der Waals surface area (Å²) in [7, 11) is -2.66. The summed E-state index contributed by atoms with van der Waals surface area (Å²) in [5, 5.41) is 0.416. The molecule has 2 nitrogen and oxygen atoms in total. The van der Waals surface area contributed by atoms with E-state index < -0.39 is 9.73 Å². The Morgan fingerprint density at radius 1 is 1.50 bits per heavy atom. The van der Waals surface area contributed by atoms with Crippen molar-refractivity contribution in [2.45, 2.75) is 11.8 Å². The first-order valence-corrected chi connectivity index (χ1v) is 5.69. The number of nitrogens with one attached hydrogen (secondary N) is 1. The largest absolute Gasteiger partial charge is 0.249 e.